The van der Waals surface area contributed by atoms with Gasteiger partial charge in [-0.2, -0.15) is 9.29 Å². The van der Waals surface area contributed by atoms with Gasteiger partial charge in [-0.3, -0.25) is 9.78 Å². The van der Waals surface area contributed by atoms with Crippen LogP contribution in [0.15, 0.2) is 52.3 Å². The molecule has 0 unspecified atom stereocenters. The Kier molecular flexibility index (Phi) is 4.28. The summed E-state index contributed by atoms with van der Waals surface area (Å²) in [6.07, 6.45) is 4.60. The van der Waals surface area contributed by atoms with E-state index < -0.39 is 10.0 Å². The lowest BCUT2D eigenvalue weighted by Crippen LogP contribution is -2.48. The Hall–Kier alpha value is -2.98. The number of rotatable bonds is 5. The highest BCUT2D eigenvalue weighted by atomic mass is 32.2. The van der Waals surface area contributed by atoms with Crippen LogP contribution in [0.4, 0.5) is 0 Å². The lowest BCUT2D eigenvalue weighted by atomic mass is 10.0. The number of nitrogens with zero attached hydrogens (tertiary/aromatic N) is 5. The molecule has 0 atom stereocenters. The van der Waals surface area contributed by atoms with Gasteiger partial charge in [-0.15, -0.1) is 0 Å². The minimum absolute atomic E-state index is 0.113. The number of carbonyl (C=O) groups excluding carboxylic acids is 1. The molecule has 2 aromatic heterocycles. The van der Waals surface area contributed by atoms with E-state index in [0.29, 0.717) is 23.0 Å². The largest absolute Gasteiger partial charge is 0.339 e. The van der Waals surface area contributed by atoms with E-state index in [1.54, 1.807) is 6.20 Å². The molecule has 1 aliphatic rings. The Morgan fingerprint density at radius 1 is 1.19 bits per heavy atom. The second kappa shape index (κ2) is 6.63. The molecule has 1 aliphatic heterocycles. The summed E-state index contributed by atoms with van der Waals surface area (Å²) in [7, 11) is -3.62. The van der Waals surface area contributed by atoms with Gasteiger partial charge in [0, 0.05) is 31.0 Å². The molecule has 0 bridgehead atoms. The van der Waals surface area contributed by atoms with Gasteiger partial charge >= 0.3 is 0 Å². The number of aromatic nitrogens is 4. The van der Waals surface area contributed by atoms with E-state index in [9.17, 15) is 13.2 Å². The molecule has 138 valence electrons. The summed E-state index contributed by atoms with van der Waals surface area (Å²) in [5.41, 5.74) is 0.958. The van der Waals surface area contributed by atoms with Crippen molar-refractivity contribution < 1.29 is 17.7 Å². The highest BCUT2D eigenvalue weighted by Gasteiger charge is 2.40. The molecule has 0 spiro atoms. The first-order valence-corrected chi connectivity index (χ1v) is 9.60. The second-order valence-corrected chi connectivity index (χ2v) is 8.08. The normalized spacial score (nSPS) is 15.4. The summed E-state index contributed by atoms with van der Waals surface area (Å²) in [6, 6.07) is 5.91. The van der Waals surface area contributed by atoms with Crippen LogP contribution in [-0.4, -0.2) is 51.7 Å². The topological polar surface area (TPSA) is 119 Å². The van der Waals surface area contributed by atoms with Gasteiger partial charge in [0.05, 0.1) is 17.0 Å². The smallest absolute Gasteiger partial charge is 0.243 e. The predicted molar refractivity (Wildman–Crippen MR) is 93.3 cm³/mol. The number of ketones is 1. The maximum absolute atomic E-state index is 12.7. The molecule has 1 fully saturated rings. The van der Waals surface area contributed by atoms with Gasteiger partial charge in [0.1, 0.15) is 5.69 Å². The highest BCUT2D eigenvalue weighted by molar-refractivity contribution is 7.89. The van der Waals surface area contributed by atoms with Gasteiger partial charge in [0.25, 0.3) is 0 Å². The summed E-state index contributed by atoms with van der Waals surface area (Å²) in [5, 5.41) is 3.87. The standard InChI is InChI=1S/C17H15N5O4S/c1-11(23)12-2-4-14(5-3-12)27(24,25)22-9-13(10-22)17-20-16(21-26-17)15-8-18-6-7-19-15/h2-8,13H,9-10H2,1H3. The minimum atomic E-state index is -3.62. The molecule has 9 nitrogen and oxygen atoms in total. The van der Waals surface area contributed by atoms with Crippen LogP contribution in [0.2, 0.25) is 0 Å². The summed E-state index contributed by atoms with van der Waals surface area (Å²) in [4.78, 5) is 23.8. The summed E-state index contributed by atoms with van der Waals surface area (Å²) < 4.78 is 31.9. The van der Waals surface area contributed by atoms with Crippen LogP contribution in [0.25, 0.3) is 11.5 Å². The van der Waals surface area contributed by atoms with Crippen LogP contribution in [0.1, 0.15) is 29.1 Å². The van der Waals surface area contributed by atoms with E-state index in [1.165, 1.54) is 47.9 Å². The molecule has 10 heteroatoms. The third-order valence-electron chi connectivity index (χ3n) is 4.33. The number of hydrogen-bond donors (Lipinski definition) is 0. The molecule has 3 heterocycles. The number of benzene rings is 1. The van der Waals surface area contributed by atoms with E-state index in [2.05, 4.69) is 20.1 Å². The summed E-state index contributed by atoms with van der Waals surface area (Å²) >= 11 is 0. The molecule has 0 aliphatic carbocycles. The molecule has 1 saturated heterocycles. The van der Waals surface area contributed by atoms with Crippen molar-refractivity contribution in [1.82, 2.24) is 24.4 Å². The van der Waals surface area contributed by atoms with Gasteiger partial charge in [0.2, 0.25) is 21.7 Å². The molecule has 0 N–H and O–H groups in total. The first-order valence-electron chi connectivity index (χ1n) is 8.16. The molecular weight excluding hydrogens is 370 g/mol. The Balaban J connectivity index is 1.46. The zero-order valence-corrected chi connectivity index (χ0v) is 15.1. The van der Waals surface area contributed by atoms with Crippen LogP contribution >= 0.6 is 0 Å². The van der Waals surface area contributed by atoms with Crippen molar-refractivity contribution in [3.8, 4) is 11.5 Å². The van der Waals surface area contributed by atoms with Gasteiger partial charge in [-0.1, -0.05) is 17.3 Å². The van der Waals surface area contributed by atoms with E-state index in [0.717, 1.165) is 0 Å². The zero-order chi connectivity index (χ0) is 19.0. The molecule has 0 amide bonds. The number of sulfonamides is 1. The van der Waals surface area contributed by atoms with Crippen LogP contribution < -0.4 is 0 Å². The van der Waals surface area contributed by atoms with Crippen LogP contribution in [0, 0.1) is 0 Å². The molecule has 27 heavy (non-hydrogen) atoms. The molecular formula is C17H15N5O4S. The molecule has 0 saturated carbocycles. The monoisotopic (exact) mass is 385 g/mol. The molecule has 3 aromatic rings. The van der Waals surface area contributed by atoms with Crippen molar-refractivity contribution in [2.45, 2.75) is 17.7 Å². The van der Waals surface area contributed by atoms with E-state index in [-0.39, 0.29) is 29.7 Å². The average Bonchev–Trinajstić information content (AvgIpc) is 3.10. The maximum Gasteiger partial charge on any atom is 0.243 e. The predicted octanol–water partition coefficient (Wildman–Crippen LogP) is 1.52. The van der Waals surface area contributed by atoms with Gasteiger partial charge < -0.3 is 4.52 Å². The SMILES string of the molecule is CC(=O)c1ccc(S(=O)(=O)N2CC(c3nc(-c4cnccn4)no3)C2)cc1. The number of carbonyl (C=O) groups is 1. The van der Waals surface area contributed by atoms with Crippen molar-refractivity contribution in [1.29, 1.82) is 0 Å². The minimum Gasteiger partial charge on any atom is -0.339 e. The quantitative estimate of drug-likeness (QED) is 0.606. The fourth-order valence-electron chi connectivity index (χ4n) is 2.72. The highest BCUT2D eigenvalue weighted by Crippen LogP contribution is 2.32. The van der Waals surface area contributed by atoms with E-state index in [1.807, 2.05) is 0 Å². The first-order chi connectivity index (χ1) is 12.9. The van der Waals surface area contributed by atoms with Crippen LogP contribution in [-0.2, 0) is 10.0 Å². The Morgan fingerprint density at radius 2 is 1.93 bits per heavy atom. The van der Waals surface area contributed by atoms with Crippen molar-refractivity contribution in [2.75, 3.05) is 13.1 Å². The molecule has 0 radical (unpaired) electrons. The Bertz CT molecular complexity index is 1070. The van der Waals surface area contributed by atoms with Crippen molar-refractivity contribution in [3.05, 3.63) is 54.3 Å². The fraction of sp³-hybridized carbons (Fsp3) is 0.235. The van der Waals surface area contributed by atoms with Crippen LogP contribution in [0.3, 0.4) is 0 Å². The fourth-order valence-corrected chi connectivity index (χ4v) is 4.25. The molecule has 1 aromatic carbocycles. The number of hydrogen-bond acceptors (Lipinski definition) is 8. The van der Waals surface area contributed by atoms with E-state index >= 15 is 0 Å². The van der Waals surface area contributed by atoms with Gasteiger partial charge in [-0.05, 0) is 19.1 Å². The maximum atomic E-state index is 12.7. The number of Topliss-reactive ketones (excluding diaryl/α,β-unsaturated/α-hetero) is 1. The van der Waals surface area contributed by atoms with Crippen LogP contribution in [0.5, 0.6) is 0 Å². The Labute approximate surface area is 155 Å². The van der Waals surface area contributed by atoms with Crippen molar-refractivity contribution in [3.63, 3.8) is 0 Å². The van der Waals surface area contributed by atoms with Gasteiger partial charge in [0.15, 0.2) is 5.78 Å². The lowest BCUT2D eigenvalue weighted by Gasteiger charge is -2.35. The lowest BCUT2D eigenvalue weighted by molar-refractivity contribution is 0.101. The summed E-state index contributed by atoms with van der Waals surface area (Å²) in [6.45, 7) is 1.93. The average molecular weight is 385 g/mol. The summed E-state index contributed by atoms with van der Waals surface area (Å²) in [5.74, 6) is 0.403. The van der Waals surface area contributed by atoms with Gasteiger partial charge in [-0.25, -0.2) is 13.4 Å². The third kappa shape index (κ3) is 3.24. The Morgan fingerprint density at radius 3 is 2.56 bits per heavy atom. The second-order valence-electron chi connectivity index (χ2n) is 6.15. The van der Waals surface area contributed by atoms with Crippen molar-refractivity contribution in [2.24, 2.45) is 0 Å². The third-order valence-corrected chi connectivity index (χ3v) is 6.18. The zero-order valence-electron chi connectivity index (χ0n) is 14.3. The molecule has 4 rings (SSSR count). The van der Waals surface area contributed by atoms with E-state index in [4.69, 9.17) is 4.52 Å². The van der Waals surface area contributed by atoms with Crippen molar-refractivity contribution >= 4 is 15.8 Å². The first kappa shape index (κ1) is 17.4.